The molecule has 0 heterocycles. The molecule has 1 rings (SSSR count). The first-order valence-corrected chi connectivity index (χ1v) is 3.86. The summed E-state index contributed by atoms with van der Waals surface area (Å²) >= 11 is 0. The minimum atomic E-state index is -1.06. The minimum Gasteiger partial charge on any atom is -0.478 e. The van der Waals surface area contributed by atoms with Crippen molar-refractivity contribution in [2.24, 2.45) is 0 Å². The number of carbonyl (C=O) groups is 2. The standard InChI is InChI=1S/C10H10O3/c1-6-3-8(5-11)9(10(12)13)4-7(6)2/h3-5H,1-2H3,(H,12,13). The van der Waals surface area contributed by atoms with Gasteiger partial charge in [0.2, 0.25) is 0 Å². The van der Waals surface area contributed by atoms with Crippen molar-refractivity contribution >= 4 is 12.3 Å². The lowest BCUT2D eigenvalue weighted by Gasteiger charge is -2.04. The van der Waals surface area contributed by atoms with E-state index in [-0.39, 0.29) is 11.1 Å². The van der Waals surface area contributed by atoms with E-state index in [2.05, 4.69) is 0 Å². The molecular formula is C10H10O3. The zero-order valence-corrected chi connectivity index (χ0v) is 7.50. The number of carbonyl (C=O) groups excluding carboxylic acids is 1. The molecule has 0 unspecified atom stereocenters. The number of benzene rings is 1. The maximum atomic E-state index is 10.7. The van der Waals surface area contributed by atoms with Crippen LogP contribution in [0.15, 0.2) is 12.1 Å². The Kier molecular flexibility index (Phi) is 2.46. The van der Waals surface area contributed by atoms with Gasteiger partial charge in [-0.05, 0) is 37.1 Å². The summed E-state index contributed by atoms with van der Waals surface area (Å²) in [5.41, 5.74) is 2.10. The van der Waals surface area contributed by atoms with Gasteiger partial charge in [-0.2, -0.15) is 0 Å². The number of rotatable bonds is 2. The maximum absolute atomic E-state index is 10.7. The van der Waals surface area contributed by atoms with Crippen molar-refractivity contribution in [1.82, 2.24) is 0 Å². The molecule has 1 aromatic carbocycles. The summed E-state index contributed by atoms with van der Waals surface area (Å²) < 4.78 is 0. The summed E-state index contributed by atoms with van der Waals surface area (Å²) in [6, 6.07) is 3.10. The normalized spacial score (nSPS) is 9.69. The number of aromatic carboxylic acids is 1. The van der Waals surface area contributed by atoms with Crippen molar-refractivity contribution in [2.75, 3.05) is 0 Å². The van der Waals surface area contributed by atoms with E-state index < -0.39 is 5.97 Å². The number of carboxylic acid groups (broad SMARTS) is 1. The second kappa shape index (κ2) is 3.39. The Labute approximate surface area is 76.0 Å². The first-order valence-electron chi connectivity index (χ1n) is 3.86. The number of hydrogen-bond donors (Lipinski definition) is 1. The predicted octanol–water partition coefficient (Wildman–Crippen LogP) is 1.81. The number of aryl methyl sites for hydroxylation is 2. The van der Waals surface area contributed by atoms with E-state index in [4.69, 9.17) is 5.11 Å². The molecule has 0 bridgehead atoms. The summed E-state index contributed by atoms with van der Waals surface area (Å²) in [4.78, 5) is 21.2. The van der Waals surface area contributed by atoms with Crippen LogP contribution in [0.25, 0.3) is 0 Å². The Bertz CT molecular complexity index is 367. The van der Waals surface area contributed by atoms with E-state index >= 15 is 0 Å². The monoisotopic (exact) mass is 178 g/mol. The molecule has 3 heteroatoms. The van der Waals surface area contributed by atoms with Crippen LogP contribution in [0, 0.1) is 13.8 Å². The molecule has 1 N–H and O–H groups in total. The van der Waals surface area contributed by atoms with Gasteiger partial charge in [-0.1, -0.05) is 0 Å². The molecule has 1 aromatic rings. The molecule has 0 spiro atoms. The molecule has 0 amide bonds. The highest BCUT2D eigenvalue weighted by atomic mass is 16.4. The van der Waals surface area contributed by atoms with E-state index in [9.17, 15) is 9.59 Å². The van der Waals surface area contributed by atoms with Gasteiger partial charge in [-0.3, -0.25) is 4.79 Å². The molecule has 0 atom stereocenters. The van der Waals surface area contributed by atoms with Crippen LogP contribution in [0.2, 0.25) is 0 Å². The Morgan fingerprint density at radius 3 is 2.31 bits per heavy atom. The number of carboxylic acids is 1. The van der Waals surface area contributed by atoms with Crippen molar-refractivity contribution < 1.29 is 14.7 Å². The smallest absolute Gasteiger partial charge is 0.336 e. The molecule has 0 aliphatic rings. The highest BCUT2D eigenvalue weighted by Crippen LogP contribution is 2.14. The first kappa shape index (κ1) is 9.45. The predicted molar refractivity (Wildman–Crippen MR) is 48.3 cm³/mol. The summed E-state index contributed by atoms with van der Waals surface area (Å²) in [5, 5.41) is 8.75. The van der Waals surface area contributed by atoms with Crippen LogP contribution >= 0.6 is 0 Å². The third-order valence-electron chi connectivity index (χ3n) is 2.02. The Hall–Kier alpha value is -1.64. The minimum absolute atomic E-state index is 0.0677. The molecule has 0 fully saturated rings. The SMILES string of the molecule is Cc1cc(C=O)c(C(=O)O)cc1C. The van der Waals surface area contributed by atoms with Crippen molar-refractivity contribution in [2.45, 2.75) is 13.8 Å². The molecule has 0 saturated carbocycles. The largest absolute Gasteiger partial charge is 0.478 e. The lowest BCUT2D eigenvalue weighted by molar-refractivity contribution is 0.0694. The summed E-state index contributed by atoms with van der Waals surface area (Å²) in [7, 11) is 0. The van der Waals surface area contributed by atoms with Gasteiger partial charge < -0.3 is 5.11 Å². The van der Waals surface area contributed by atoms with Gasteiger partial charge in [-0.15, -0.1) is 0 Å². The van der Waals surface area contributed by atoms with Gasteiger partial charge in [0, 0.05) is 5.56 Å². The Morgan fingerprint density at radius 1 is 1.31 bits per heavy atom. The third-order valence-corrected chi connectivity index (χ3v) is 2.02. The van der Waals surface area contributed by atoms with Crippen LogP contribution < -0.4 is 0 Å². The van der Waals surface area contributed by atoms with Gasteiger partial charge in [0.25, 0.3) is 0 Å². The third kappa shape index (κ3) is 1.75. The van der Waals surface area contributed by atoms with Crippen LogP contribution in [0.1, 0.15) is 31.8 Å². The van der Waals surface area contributed by atoms with Crippen molar-refractivity contribution in [3.05, 3.63) is 34.4 Å². The molecule has 0 aromatic heterocycles. The molecule has 68 valence electrons. The Morgan fingerprint density at radius 2 is 1.85 bits per heavy atom. The van der Waals surface area contributed by atoms with E-state index in [0.717, 1.165) is 11.1 Å². The van der Waals surface area contributed by atoms with Crippen LogP contribution in [0.5, 0.6) is 0 Å². The number of hydrogen-bond acceptors (Lipinski definition) is 2. The summed E-state index contributed by atoms with van der Waals surface area (Å²) in [6.07, 6.45) is 0.565. The van der Waals surface area contributed by atoms with Gasteiger partial charge in [-0.25, -0.2) is 4.79 Å². The summed E-state index contributed by atoms with van der Waals surface area (Å²) in [5.74, 6) is -1.06. The fraction of sp³-hybridized carbons (Fsp3) is 0.200. The van der Waals surface area contributed by atoms with Crippen LogP contribution in [0.4, 0.5) is 0 Å². The topological polar surface area (TPSA) is 54.4 Å². The second-order valence-electron chi connectivity index (χ2n) is 2.95. The van der Waals surface area contributed by atoms with Gasteiger partial charge in [0.05, 0.1) is 5.56 Å². The van der Waals surface area contributed by atoms with Crippen molar-refractivity contribution in [3.63, 3.8) is 0 Å². The molecule has 0 radical (unpaired) electrons. The fourth-order valence-electron chi connectivity index (χ4n) is 1.12. The van der Waals surface area contributed by atoms with Crippen LogP contribution in [-0.4, -0.2) is 17.4 Å². The molecule has 0 aliphatic heterocycles. The van der Waals surface area contributed by atoms with Crippen molar-refractivity contribution in [1.29, 1.82) is 0 Å². The van der Waals surface area contributed by atoms with E-state index in [1.807, 2.05) is 13.8 Å². The van der Waals surface area contributed by atoms with Crippen LogP contribution in [-0.2, 0) is 0 Å². The average Bonchev–Trinajstić information content (AvgIpc) is 2.08. The lowest BCUT2D eigenvalue weighted by atomic mass is 10.0. The molecule has 0 aliphatic carbocycles. The van der Waals surface area contributed by atoms with E-state index in [0.29, 0.717) is 6.29 Å². The van der Waals surface area contributed by atoms with Gasteiger partial charge >= 0.3 is 5.97 Å². The molecule has 0 saturated heterocycles. The average molecular weight is 178 g/mol. The van der Waals surface area contributed by atoms with Gasteiger partial charge in [0.15, 0.2) is 6.29 Å². The molecular weight excluding hydrogens is 168 g/mol. The molecule has 3 nitrogen and oxygen atoms in total. The highest BCUT2D eigenvalue weighted by Gasteiger charge is 2.10. The maximum Gasteiger partial charge on any atom is 0.336 e. The van der Waals surface area contributed by atoms with E-state index in [1.165, 1.54) is 6.07 Å². The summed E-state index contributed by atoms with van der Waals surface area (Å²) in [6.45, 7) is 3.66. The van der Waals surface area contributed by atoms with Crippen molar-refractivity contribution in [3.8, 4) is 0 Å². The lowest BCUT2D eigenvalue weighted by Crippen LogP contribution is -2.03. The van der Waals surface area contributed by atoms with E-state index in [1.54, 1.807) is 6.07 Å². The first-order chi connectivity index (χ1) is 6.06. The van der Waals surface area contributed by atoms with Crippen LogP contribution in [0.3, 0.4) is 0 Å². The zero-order valence-electron chi connectivity index (χ0n) is 7.50. The quantitative estimate of drug-likeness (QED) is 0.702. The second-order valence-corrected chi connectivity index (χ2v) is 2.95. The molecule has 13 heavy (non-hydrogen) atoms. The zero-order chi connectivity index (χ0) is 10.0. The Balaban J connectivity index is 3.41. The van der Waals surface area contributed by atoms with Gasteiger partial charge in [0.1, 0.15) is 0 Å². The number of aldehydes is 1. The fourth-order valence-corrected chi connectivity index (χ4v) is 1.12. The highest BCUT2D eigenvalue weighted by molar-refractivity contribution is 5.97.